The molecule has 6 nitrogen and oxygen atoms in total. The number of hydrogen-bond acceptors (Lipinski definition) is 5. The lowest BCUT2D eigenvalue weighted by molar-refractivity contribution is -0.122. The highest BCUT2D eigenvalue weighted by atomic mass is 35.5. The predicted octanol–water partition coefficient (Wildman–Crippen LogP) is 3.81. The van der Waals surface area contributed by atoms with Crippen LogP contribution in [0.5, 0.6) is 11.5 Å². The van der Waals surface area contributed by atoms with Crippen molar-refractivity contribution < 1.29 is 19.1 Å². The van der Waals surface area contributed by atoms with Crippen molar-refractivity contribution in [3.8, 4) is 11.5 Å². The van der Waals surface area contributed by atoms with E-state index >= 15 is 0 Å². The SMILES string of the molecule is COc1cc(/C=C2\C(=O)NC(=S)N(c3cc(C)ccc3C)C2=O)cc(Cl)c1OC. The molecule has 0 saturated carbocycles. The molecule has 1 N–H and O–H groups in total. The first-order valence-corrected chi connectivity index (χ1v) is 9.45. The number of carbonyl (C=O) groups excluding carboxylic acids is 2. The Balaban J connectivity index is 2.09. The van der Waals surface area contributed by atoms with Crippen LogP contribution in [-0.4, -0.2) is 31.1 Å². The van der Waals surface area contributed by atoms with Crippen LogP contribution in [0.1, 0.15) is 16.7 Å². The fourth-order valence-corrected chi connectivity index (χ4v) is 3.59. The number of amides is 2. The summed E-state index contributed by atoms with van der Waals surface area (Å²) in [5.41, 5.74) is 2.89. The zero-order valence-corrected chi connectivity index (χ0v) is 17.9. The summed E-state index contributed by atoms with van der Waals surface area (Å²) in [7, 11) is 2.95. The number of carbonyl (C=O) groups is 2. The summed E-state index contributed by atoms with van der Waals surface area (Å²) >= 11 is 11.5. The van der Waals surface area contributed by atoms with Crippen LogP contribution >= 0.6 is 23.8 Å². The Kier molecular flexibility index (Phi) is 5.91. The molecule has 2 aromatic carbocycles. The average molecular weight is 431 g/mol. The van der Waals surface area contributed by atoms with Gasteiger partial charge >= 0.3 is 0 Å². The van der Waals surface area contributed by atoms with Crippen LogP contribution in [0, 0.1) is 13.8 Å². The van der Waals surface area contributed by atoms with Gasteiger partial charge < -0.3 is 9.47 Å². The molecule has 1 fully saturated rings. The van der Waals surface area contributed by atoms with Gasteiger partial charge in [-0.2, -0.15) is 0 Å². The molecular formula is C21H19ClN2O4S. The molecule has 1 saturated heterocycles. The van der Waals surface area contributed by atoms with E-state index in [0.29, 0.717) is 27.8 Å². The van der Waals surface area contributed by atoms with Crippen LogP contribution < -0.4 is 19.7 Å². The minimum absolute atomic E-state index is 0.0381. The molecule has 0 atom stereocenters. The summed E-state index contributed by atoms with van der Waals surface area (Å²) in [6.45, 7) is 3.79. The van der Waals surface area contributed by atoms with Gasteiger partial charge in [0.2, 0.25) is 0 Å². The van der Waals surface area contributed by atoms with Crippen molar-refractivity contribution in [2.24, 2.45) is 0 Å². The summed E-state index contributed by atoms with van der Waals surface area (Å²) < 4.78 is 10.5. The molecule has 8 heteroatoms. The van der Waals surface area contributed by atoms with Gasteiger partial charge in [0.1, 0.15) is 5.57 Å². The number of nitrogens with one attached hydrogen (secondary N) is 1. The summed E-state index contributed by atoms with van der Waals surface area (Å²) in [5, 5.41) is 2.92. The minimum atomic E-state index is -0.576. The van der Waals surface area contributed by atoms with E-state index in [0.717, 1.165) is 11.1 Å². The number of benzene rings is 2. The Labute approximate surface area is 179 Å². The Morgan fingerprint density at radius 3 is 2.48 bits per heavy atom. The van der Waals surface area contributed by atoms with Crippen LogP contribution in [0.3, 0.4) is 0 Å². The predicted molar refractivity (Wildman–Crippen MR) is 117 cm³/mol. The van der Waals surface area contributed by atoms with E-state index in [1.54, 1.807) is 12.1 Å². The first kappa shape index (κ1) is 20.8. The van der Waals surface area contributed by atoms with Crippen LogP contribution in [-0.2, 0) is 9.59 Å². The lowest BCUT2D eigenvalue weighted by Gasteiger charge is -2.30. The van der Waals surface area contributed by atoms with Crippen molar-refractivity contribution in [3.63, 3.8) is 0 Å². The van der Waals surface area contributed by atoms with Crippen molar-refractivity contribution in [1.82, 2.24) is 5.32 Å². The van der Waals surface area contributed by atoms with Gasteiger partial charge in [0, 0.05) is 0 Å². The number of methoxy groups -OCH3 is 2. The maximum Gasteiger partial charge on any atom is 0.270 e. The third kappa shape index (κ3) is 3.97. The van der Waals surface area contributed by atoms with Gasteiger partial charge in [-0.15, -0.1) is 0 Å². The monoisotopic (exact) mass is 430 g/mol. The van der Waals surface area contributed by atoms with E-state index < -0.39 is 11.8 Å². The molecule has 0 aromatic heterocycles. The van der Waals surface area contributed by atoms with Crippen molar-refractivity contribution in [3.05, 3.63) is 57.6 Å². The fraction of sp³-hybridized carbons (Fsp3) is 0.190. The number of halogens is 1. The number of anilines is 1. The van der Waals surface area contributed by atoms with Crippen LogP contribution in [0.2, 0.25) is 5.02 Å². The van der Waals surface area contributed by atoms with E-state index in [1.165, 1.54) is 25.2 Å². The lowest BCUT2D eigenvalue weighted by atomic mass is 10.0. The Bertz CT molecular complexity index is 1060. The number of aryl methyl sites for hydroxylation is 2. The van der Waals surface area contributed by atoms with E-state index in [4.69, 9.17) is 33.3 Å². The zero-order valence-electron chi connectivity index (χ0n) is 16.3. The minimum Gasteiger partial charge on any atom is -0.493 e. The molecule has 0 bridgehead atoms. The summed E-state index contributed by atoms with van der Waals surface area (Å²) in [5.74, 6) is -0.336. The fourth-order valence-electron chi connectivity index (χ4n) is 3.02. The molecule has 29 heavy (non-hydrogen) atoms. The van der Waals surface area contributed by atoms with Crippen molar-refractivity contribution >= 4 is 52.5 Å². The van der Waals surface area contributed by atoms with Gasteiger partial charge in [0.05, 0.1) is 24.9 Å². The topological polar surface area (TPSA) is 67.9 Å². The van der Waals surface area contributed by atoms with E-state index in [-0.39, 0.29) is 10.7 Å². The molecule has 2 aromatic rings. The van der Waals surface area contributed by atoms with Gasteiger partial charge in [-0.25, -0.2) is 0 Å². The Morgan fingerprint density at radius 2 is 1.83 bits per heavy atom. The van der Waals surface area contributed by atoms with Crippen LogP contribution in [0.25, 0.3) is 6.08 Å². The first-order chi connectivity index (χ1) is 13.8. The standard InChI is InChI=1S/C21H19ClN2O4S/c1-11-5-6-12(2)16(7-11)24-20(26)14(19(25)23-21(24)29)8-13-9-15(22)18(28-4)17(10-13)27-3/h5-10H,1-4H3,(H,23,25,29)/b14-8+. The largest absolute Gasteiger partial charge is 0.493 e. The second-order valence-electron chi connectivity index (χ2n) is 6.49. The number of rotatable bonds is 4. The summed E-state index contributed by atoms with van der Waals surface area (Å²) in [6, 6.07) is 8.91. The normalized spacial score (nSPS) is 15.6. The van der Waals surface area contributed by atoms with Crippen LogP contribution in [0.15, 0.2) is 35.9 Å². The molecule has 0 spiro atoms. The molecule has 0 unspecified atom stereocenters. The van der Waals surface area contributed by atoms with Gasteiger partial charge in [-0.05, 0) is 67.0 Å². The number of hydrogen-bond donors (Lipinski definition) is 1. The van der Waals surface area contributed by atoms with E-state index in [1.807, 2.05) is 32.0 Å². The molecule has 2 amide bonds. The van der Waals surface area contributed by atoms with Gasteiger partial charge in [-0.1, -0.05) is 23.7 Å². The third-order valence-electron chi connectivity index (χ3n) is 4.47. The van der Waals surface area contributed by atoms with Gasteiger partial charge in [-0.3, -0.25) is 19.8 Å². The highest BCUT2D eigenvalue weighted by Crippen LogP contribution is 2.37. The van der Waals surface area contributed by atoms with Crippen LogP contribution in [0.4, 0.5) is 5.69 Å². The van der Waals surface area contributed by atoms with Gasteiger partial charge in [0.15, 0.2) is 16.6 Å². The van der Waals surface area contributed by atoms with Crippen molar-refractivity contribution in [1.29, 1.82) is 0 Å². The summed E-state index contributed by atoms with van der Waals surface area (Å²) in [6.07, 6.45) is 1.45. The lowest BCUT2D eigenvalue weighted by Crippen LogP contribution is -2.54. The molecule has 0 aliphatic carbocycles. The maximum absolute atomic E-state index is 13.2. The van der Waals surface area contributed by atoms with E-state index in [2.05, 4.69) is 5.32 Å². The zero-order chi connectivity index (χ0) is 21.3. The van der Waals surface area contributed by atoms with Gasteiger partial charge in [0.25, 0.3) is 11.8 Å². The van der Waals surface area contributed by atoms with Crippen molar-refractivity contribution in [2.75, 3.05) is 19.1 Å². The Morgan fingerprint density at radius 1 is 1.10 bits per heavy atom. The molecule has 150 valence electrons. The Hall–Kier alpha value is -2.90. The molecule has 3 rings (SSSR count). The first-order valence-electron chi connectivity index (χ1n) is 8.67. The molecule has 1 aliphatic heterocycles. The molecular weight excluding hydrogens is 412 g/mol. The smallest absolute Gasteiger partial charge is 0.270 e. The summed E-state index contributed by atoms with van der Waals surface area (Å²) in [4.78, 5) is 27.0. The molecule has 0 radical (unpaired) electrons. The number of nitrogens with zero attached hydrogens (tertiary/aromatic N) is 1. The quantitative estimate of drug-likeness (QED) is 0.454. The third-order valence-corrected chi connectivity index (χ3v) is 5.04. The highest BCUT2D eigenvalue weighted by Gasteiger charge is 2.35. The average Bonchev–Trinajstić information content (AvgIpc) is 2.67. The maximum atomic E-state index is 13.2. The highest BCUT2D eigenvalue weighted by molar-refractivity contribution is 7.80. The number of ether oxygens (including phenoxy) is 2. The van der Waals surface area contributed by atoms with Crippen molar-refractivity contribution in [2.45, 2.75) is 13.8 Å². The second kappa shape index (κ2) is 8.23. The number of thiocarbonyl (C=S) groups is 1. The second-order valence-corrected chi connectivity index (χ2v) is 7.28. The molecule has 1 heterocycles. The van der Waals surface area contributed by atoms with E-state index in [9.17, 15) is 9.59 Å². The molecule has 1 aliphatic rings.